The minimum atomic E-state index is -3.10. The fourth-order valence-electron chi connectivity index (χ4n) is 3.10. The number of rotatable bonds is 4. The second-order valence-corrected chi connectivity index (χ2v) is 8.98. The Hall–Kier alpha value is -1.48. The summed E-state index contributed by atoms with van der Waals surface area (Å²) in [7, 11) is -3.10. The molecule has 0 radical (unpaired) electrons. The van der Waals surface area contributed by atoms with Crippen molar-refractivity contribution in [2.75, 3.05) is 32.4 Å². The van der Waals surface area contributed by atoms with Crippen molar-refractivity contribution in [1.82, 2.24) is 18.3 Å². The largest absolute Gasteiger partial charge is 0.310 e. The van der Waals surface area contributed by atoms with E-state index in [9.17, 15) is 8.42 Å². The van der Waals surface area contributed by atoms with Gasteiger partial charge in [-0.15, -0.1) is 0 Å². The highest BCUT2D eigenvalue weighted by Crippen LogP contribution is 2.17. The van der Waals surface area contributed by atoms with Crippen LogP contribution in [0.1, 0.15) is 11.1 Å². The maximum absolute atomic E-state index is 11.6. The van der Waals surface area contributed by atoms with Gasteiger partial charge in [0.1, 0.15) is 0 Å². The molecule has 0 amide bonds. The fraction of sp³-hybridized carbons (Fsp3) is 0.471. The second kappa shape index (κ2) is 7.03. The number of sulfonamides is 1. The fourth-order valence-corrected chi connectivity index (χ4v) is 4.21. The van der Waals surface area contributed by atoms with E-state index in [0.29, 0.717) is 32.8 Å². The zero-order valence-electron chi connectivity index (χ0n) is 14.8. The number of piperazine rings is 1. The molecule has 1 fully saturated rings. The zero-order valence-corrected chi connectivity index (χ0v) is 16.5. The summed E-state index contributed by atoms with van der Waals surface area (Å²) in [4.78, 5) is 2.23. The molecule has 8 heteroatoms. The van der Waals surface area contributed by atoms with Gasteiger partial charge in [-0.05, 0) is 43.3 Å². The van der Waals surface area contributed by atoms with Crippen LogP contribution in [-0.2, 0) is 16.7 Å². The Bertz CT molecular complexity index is 922. The highest BCUT2D eigenvalue weighted by molar-refractivity contribution is 7.88. The van der Waals surface area contributed by atoms with Crippen LogP contribution in [-0.4, -0.2) is 59.2 Å². The average molecular weight is 381 g/mol. The van der Waals surface area contributed by atoms with Gasteiger partial charge in [-0.2, -0.15) is 4.31 Å². The standard InChI is InChI=1S/C17H24N4O2S2/c1-14-4-5-15(2)16(12-14)21-11-8-19(17(21)24)13-18-6-9-20(10-7-18)25(3,22)23/h4-5,8,11-12H,6-7,9-10,13H2,1-3H3. The van der Waals surface area contributed by atoms with Gasteiger partial charge >= 0.3 is 0 Å². The number of benzene rings is 1. The van der Waals surface area contributed by atoms with E-state index in [2.05, 4.69) is 36.9 Å². The normalized spacial score (nSPS) is 17.1. The number of aryl methyl sites for hydroxylation is 2. The molecule has 6 nitrogen and oxygen atoms in total. The Morgan fingerprint density at radius 1 is 1.08 bits per heavy atom. The van der Waals surface area contributed by atoms with Crippen molar-refractivity contribution in [3.05, 3.63) is 46.5 Å². The van der Waals surface area contributed by atoms with Gasteiger partial charge in [0.15, 0.2) is 4.77 Å². The highest BCUT2D eigenvalue weighted by atomic mass is 32.2. The first kappa shape index (κ1) is 18.3. The number of aromatic nitrogens is 2. The van der Waals surface area contributed by atoms with E-state index >= 15 is 0 Å². The van der Waals surface area contributed by atoms with E-state index in [1.807, 2.05) is 21.5 Å². The van der Waals surface area contributed by atoms with E-state index in [1.165, 1.54) is 21.7 Å². The van der Waals surface area contributed by atoms with Crippen molar-refractivity contribution in [3.8, 4) is 5.69 Å². The predicted octanol–water partition coefficient (Wildman–Crippen LogP) is 2.16. The lowest BCUT2D eigenvalue weighted by Gasteiger charge is -2.33. The Labute approximate surface area is 154 Å². The molecule has 1 aromatic carbocycles. The van der Waals surface area contributed by atoms with Gasteiger partial charge in [0, 0.05) is 38.6 Å². The SMILES string of the molecule is Cc1ccc(C)c(-n2ccn(CN3CCN(S(C)(=O)=O)CC3)c2=S)c1. The van der Waals surface area contributed by atoms with Gasteiger partial charge in [-0.1, -0.05) is 12.1 Å². The molecule has 0 aliphatic carbocycles. The lowest BCUT2D eigenvalue weighted by Crippen LogP contribution is -2.48. The lowest BCUT2D eigenvalue weighted by molar-refractivity contribution is 0.152. The van der Waals surface area contributed by atoms with E-state index < -0.39 is 10.0 Å². The van der Waals surface area contributed by atoms with E-state index in [1.54, 1.807) is 0 Å². The van der Waals surface area contributed by atoms with E-state index in [4.69, 9.17) is 12.2 Å². The summed E-state index contributed by atoms with van der Waals surface area (Å²) in [6.45, 7) is 7.32. The molecule has 136 valence electrons. The van der Waals surface area contributed by atoms with Crippen molar-refractivity contribution in [2.24, 2.45) is 0 Å². The Morgan fingerprint density at radius 3 is 2.40 bits per heavy atom. The van der Waals surface area contributed by atoms with E-state index in [0.717, 1.165) is 10.5 Å². The number of imidazole rings is 1. The third-order valence-corrected chi connectivity index (χ3v) is 6.36. The first-order valence-electron chi connectivity index (χ1n) is 8.28. The molecular formula is C17H24N4O2S2. The molecule has 0 unspecified atom stereocenters. The van der Waals surface area contributed by atoms with Gasteiger partial charge in [0.05, 0.1) is 18.6 Å². The van der Waals surface area contributed by atoms with Crippen LogP contribution in [0.15, 0.2) is 30.6 Å². The Morgan fingerprint density at radius 2 is 1.76 bits per heavy atom. The topological polar surface area (TPSA) is 50.5 Å². The third-order valence-electron chi connectivity index (χ3n) is 4.62. The monoisotopic (exact) mass is 380 g/mol. The van der Waals surface area contributed by atoms with Crippen LogP contribution in [0, 0.1) is 18.6 Å². The molecule has 3 rings (SSSR count). The van der Waals surface area contributed by atoms with E-state index in [-0.39, 0.29) is 0 Å². The minimum absolute atomic E-state index is 0.532. The van der Waals surface area contributed by atoms with Crippen molar-refractivity contribution in [2.45, 2.75) is 20.5 Å². The maximum Gasteiger partial charge on any atom is 0.211 e. The molecule has 2 heterocycles. The molecule has 1 aromatic heterocycles. The van der Waals surface area contributed by atoms with Crippen molar-refractivity contribution in [1.29, 1.82) is 0 Å². The molecule has 25 heavy (non-hydrogen) atoms. The number of nitrogens with zero attached hydrogens (tertiary/aromatic N) is 4. The van der Waals surface area contributed by atoms with Gasteiger partial charge in [-0.3, -0.25) is 9.47 Å². The van der Waals surface area contributed by atoms with Gasteiger partial charge in [0.2, 0.25) is 10.0 Å². The summed E-state index contributed by atoms with van der Waals surface area (Å²) < 4.78 is 29.6. The summed E-state index contributed by atoms with van der Waals surface area (Å²) in [6, 6.07) is 6.34. The summed E-state index contributed by atoms with van der Waals surface area (Å²) in [5.41, 5.74) is 3.49. The van der Waals surface area contributed by atoms with Crippen molar-refractivity contribution >= 4 is 22.2 Å². The molecule has 0 atom stereocenters. The van der Waals surface area contributed by atoms with Crippen LogP contribution in [0.2, 0.25) is 0 Å². The Balaban J connectivity index is 1.75. The van der Waals surface area contributed by atoms with Gasteiger partial charge in [-0.25, -0.2) is 8.42 Å². The molecule has 1 saturated heterocycles. The predicted molar refractivity (Wildman–Crippen MR) is 102 cm³/mol. The van der Waals surface area contributed by atoms with Crippen molar-refractivity contribution < 1.29 is 8.42 Å². The summed E-state index contributed by atoms with van der Waals surface area (Å²) in [6.07, 6.45) is 5.26. The lowest BCUT2D eigenvalue weighted by atomic mass is 10.1. The summed E-state index contributed by atoms with van der Waals surface area (Å²) >= 11 is 5.65. The molecule has 0 bridgehead atoms. The van der Waals surface area contributed by atoms with Crippen LogP contribution in [0.25, 0.3) is 5.69 Å². The van der Waals surface area contributed by atoms with Gasteiger partial charge < -0.3 is 4.57 Å². The van der Waals surface area contributed by atoms with Crippen LogP contribution in [0.5, 0.6) is 0 Å². The third kappa shape index (κ3) is 4.03. The first-order valence-corrected chi connectivity index (χ1v) is 10.5. The first-order chi connectivity index (χ1) is 11.8. The molecule has 1 aliphatic rings. The highest BCUT2D eigenvalue weighted by Gasteiger charge is 2.23. The van der Waals surface area contributed by atoms with Crippen LogP contribution >= 0.6 is 12.2 Å². The number of hydrogen-bond donors (Lipinski definition) is 0. The van der Waals surface area contributed by atoms with Gasteiger partial charge in [0.25, 0.3) is 0 Å². The molecule has 0 N–H and O–H groups in total. The van der Waals surface area contributed by atoms with Crippen LogP contribution < -0.4 is 0 Å². The molecule has 2 aromatic rings. The maximum atomic E-state index is 11.6. The zero-order chi connectivity index (χ0) is 18.2. The Kier molecular flexibility index (Phi) is 5.15. The summed E-state index contributed by atoms with van der Waals surface area (Å²) in [5, 5.41) is 0. The average Bonchev–Trinajstić information content (AvgIpc) is 2.90. The minimum Gasteiger partial charge on any atom is -0.310 e. The second-order valence-electron chi connectivity index (χ2n) is 6.63. The smallest absolute Gasteiger partial charge is 0.211 e. The molecular weight excluding hydrogens is 356 g/mol. The van der Waals surface area contributed by atoms with Crippen LogP contribution in [0.3, 0.4) is 0 Å². The summed E-state index contributed by atoms with van der Waals surface area (Å²) in [5.74, 6) is 0. The van der Waals surface area contributed by atoms with Crippen molar-refractivity contribution in [3.63, 3.8) is 0 Å². The van der Waals surface area contributed by atoms with Crippen LogP contribution in [0.4, 0.5) is 0 Å². The molecule has 0 saturated carbocycles. The number of hydrogen-bond acceptors (Lipinski definition) is 4. The molecule has 0 spiro atoms. The molecule has 1 aliphatic heterocycles. The quantitative estimate of drug-likeness (QED) is 0.763.